The van der Waals surface area contributed by atoms with Gasteiger partial charge in [0.2, 0.25) is 0 Å². The van der Waals surface area contributed by atoms with Crippen molar-refractivity contribution in [1.82, 2.24) is 20.1 Å². The highest BCUT2D eigenvalue weighted by molar-refractivity contribution is 4.86. The van der Waals surface area contributed by atoms with Gasteiger partial charge < -0.3 is 5.32 Å². The van der Waals surface area contributed by atoms with E-state index in [9.17, 15) is 0 Å². The Morgan fingerprint density at radius 2 is 2.12 bits per heavy atom. The maximum atomic E-state index is 4.31. The van der Waals surface area contributed by atoms with Crippen LogP contribution in [0, 0.1) is 5.92 Å². The molecule has 0 unspecified atom stereocenters. The molecule has 0 atom stereocenters. The second-order valence-corrected chi connectivity index (χ2v) is 5.35. The van der Waals surface area contributed by atoms with E-state index in [1.54, 1.807) is 6.33 Å². The van der Waals surface area contributed by atoms with Crippen LogP contribution >= 0.6 is 0 Å². The summed E-state index contributed by atoms with van der Waals surface area (Å²) in [4.78, 5) is 4.31. The van der Waals surface area contributed by atoms with Crippen molar-refractivity contribution < 1.29 is 0 Å². The van der Waals surface area contributed by atoms with E-state index in [2.05, 4.69) is 29.2 Å². The predicted octanol–water partition coefficient (Wildman–Crippen LogP) is 2.53. The van der Waals surface area contributed by atoms with Gasteiger partial charge >= 0.3 is 0 Å². The van der Waals surface area contributed by atoms with Gasteiger partial charge in [0.05, 0.1) is 6.54 Å². The van der Waals surface area contributed by atoms with Crippen molar-refractivity contribution in [2.75, 3.05) is 6.54 Å². The normalized spacial score (nSPS) is 17.8. The fourth-order valence-electron chi connectivity index (χ4n) is 2.61. The predicted molar refractivity (Wildman–Crippen MR) is 68.7 cm³/mol. The molecule has 0 amide bonds. The molecule has 4 heteroatoms. The van der Waals surface area contributed by atoms with Gasteiger partial charge in [-0.15, -0.1) is 0 Å². The van der Waals surface area contributed by atoms with Crippen molar-refractivity contribution in [3.8, 4) is 0 Å². The van der Waals surface area contributed by atoms with Crippen molar-refractivity contribution in [2.45, 2.75) is 58.5 Å². The van der Waals surface area contributed by atoms with Crippen LogP contribution in [0.15, 0.2) is 6.33 Å². The maximum Gasteiger partial charge on any atom is 0.141 e. The van der Waals surface area contributed by atoms with Gasteiger partial charge in [-0.25, -0.2) is 9.67 Å². The molecule has 17 heavy (non-hydrogen) atoms. The van der Waals surface area contributed by atoms with E-state index in [0.717, 1.165) is 24.8 Å². The summed E-state index contributed by atoms with van der Waals surface area (Å²) in [7, 11) is 0. The van der Waals surface area contributed by atoms with Crippen LogP contribution in [0.25, 0.3) is 0 Å². The van der Waals surface area contributed by atoms with E-state index in [4.69, 9.17) is 0 Å². The van der Waals surface area contributed by atoms with Crippen LogP contribution in [-0.2, 0) is 6.54 Å². The monoisotopic (exact) mass is 236 g/mol. The van der Waals surface area contributed by atoms with Crippen LogP contribution in [-0.4, -0.2) is 21.3 Å². The molecule has 1 N–H and O–H groups in total. The van der Waals surface area contributed by atoms with Crippen LogP contribution in [0.4, 0.5) is 0 Å². The number of rotatable bonds is 5. The van der Waals surface area contributed by atoms with Crippen LogP contribution in [0.1, 0.15) is 57.8 Å². The third-order valence-corrected chi connectivity index (χ3v) is 3.58. The zero-order valence-corrected chi connectivity index (χ0v) is 11.0. The van der Waals surface area contributed by atoms with Gasteiger partial charge in [0.1, 0.15) is 12.2 Å². The molecule has 0 aliphatic heterocycles. The number of nitrogens with one attached hydrogen (secondary N) is 1. The minimum atomic E-state index is 0.393. The van der Waals surface area contributed by atoms with Gasteiger partial charge in [-0.05, 0) is 39.2 Å². The molecule has 4 nitrogen and oxygen atoms in total. The van der Waals surface area contributed by atoms with Gasteiger partial charge in [0.25, 0.3) is 0 Å². The lowest BCUT2D eigenvalue weighted by Gasteiger charge is -2.21. The second-order valence-electron chi connectivity index (χ2n) is 5.35. The van der Waals surface area contributed by atoms with Crippen molar-refractivity contribution in [2.24, 2.45) is 5.92 Å². The molecule has 1 aromatic rings. The lowest BCUT2D eigenvalue weighted by Crippen LogP contribution is -2.26. The molecular weight excluding hydrogens is 212 g/mol. The summed E-state index contributed by atoms with van der Waals surface area (Å²) in [5.74, 6) is 1.93. The Hall–Kier alpha value is -0.900. The molecule has 1 heterocycles. The van der Waals surface area contributed by atoms with Crippen molar-refractivity contribution in [3.63, 3.8) is 0 Å². The smallest absolute Gasteiger partial charge is 0.141 e. The van der Waals surface area contributed by atoms with E-state index in [1.165, 1.54) is 32.1 Å². The summed E-state index contributed by atoms with van der Waals surface area (Å²) in [6, 6.07) is 0.393. The Kier molecular flexibility index (Phi) is 4.54. The first-order chi connectivity index (χ1) is 8.27. The molecule has 1 aliphatic rings. The highest BCUT2D eigenvalue weighted by Crippen LogP contribution is 2.22. The highest BCUT2D eigenvalue weighted by atomic mass is 15.3. The van der Waals surface area contributed by atoms with Crippen molar-refractivity contribution in [3.05, 3.63) is 12.2 Å². The summed E-state index contributed by atoms with van der Waals surface area (Å²) in [5.41, 5.74) is 0. The summed E-state index contributed by atoms with van der Waals surface area (Å²) < 4.78 is 1.99. The molecule has 96 valence electrons. The summed E-state index contributed by atoms with van der Waals surface area (Å²) in [6.07, 6.45) is 8.69. The number of hydrogen-bond donors (Lipinski definition) is 1. The third-order valence-electron chi connectivity index (χ3n) is 3.58. The first-order valence-electron chi connectivity index (χ1n) is 6.86. The standard InChI is InChI=1S/C13H24N4/c1-11(2)17-13(15-10-16-17)9-14-8-12-6-4-3-5-7-12/h10-12,14H,3-9H2,1-2H3. The van der Waals surface area contributed by atoms with Crippen LogP contribution < -0.4 is 5.32 Å². The van der Waals surface area contributed by atoms with Crippen LogP contribution in [0.3, 0.4) is 0 Å². The molecule has 0 spiro atoms. The average Bonchev–Trinajstić information content (AvgIpc) is 2.79. The Balaban J connectivity index is 1.75. The van der Waals surface area contributed by atoms with Gasteiger partial charge in [-0.2, -0.15) is 5.10 Å². The van der Waals surface area contributed by atoms with Crippen molar-refractivity contribution in [1.29, 1.82) is 0 Å². The largest absolute Gasteiger partial charge is 0.310 e. The molecule has 1 saturated carbocycles. The maximum absolute atomic E-state index is 4.31. The molecule has 0 bridgehead atoms. The summed E-state index contributed by atoms with van der Waals surface area (Å²) in [6.45, 7) is 6.25. The average molecular weight is 236 g/mol. The highest BCUT2D eigenvalue weighted by Gasteiger charge is 2.13. The Morgan fingerprint density at radius 3 is 2.82 bits per heavy atom. The van der Waals surface area contributed by atoms with E-state index in [0.29, 0.717) is 6.04 Å². The second kappa shape index (κ2) is 6.15. The minimum absolute atomic E-state index is 0.393. The van der Waals surface area contributed by atoms with Crippen molar-refractivity contribution >= 4 is 0 Å². The zero-order valence-electron chi connectivity index (χ0n) is 11.0. The number of hydrogen-bond acceptors (Lipinski definition) is 3. The first-order valence-corrected chi connectivity index (χ1v) is 6.86. The Labute approximate surface area is 104 Å². The molecule has 0 aromatic carbocycles. The van der Waals surface area contributed by atoms with Gasteiger partial charge in [-0.3, -0.25) is 0 Å². The van der Waals surface area contributed by atoms with E-state index in [-0.39, 0.29) is 0 Å². The molecule has 1 fully saturated rings. The third kappa shape index (κ3) is 3.53. The summed E-state index contributed by atoms with van der Waals surface area (Å²) in [5, 5.41) is 7.78. The van der Waals surface area contributed by atoms with Crippen LogP contribution in [0.5, 0.6) is 0 Å². The zero-order chi connectivity index (χ0) is 12.1. The Morgan fingerprint density at radius 1 is 1.35 bits per heavy atom. The van der Waals surface area contributed by atoms with Gasteiger partial charge in [0, 0.05) is 6.04 Å². The molecule has 0 saturated heterocycles. The molecule has 2 rings (SSSR count). The first kappa shape index (κ1) is 12.6. The van der Waals surface area contributed by atoms with E-state index in [1.807, 2.05) is 4.68 Å². The fraction of sp³-hybridized carbons (Fsp3) is 0.846. The molecule has 1 aromatic heterocycles. The molecule has 1 aliphatic carbocycles. The number of nitrogens with zero attached hydrogens (tertiary/aromatic N) is 3. The quantitative estimate of drug-likeness (QED) is 0.854. The van der Waals surface area contributed by atoms with Crippen LogP contribution in [0.2, 0.25) is 0 Å². The summed E-state index contributed by atoms with van der Waals surface area (Å²) >= 11 is 0. The van der Waals surface area contributed by atoms with E-state index < -0.39 is 0 Å². The Bertz CT molecular complexity index is 326. The minimum Gasteiger partial charge on any atom is -0.310 e. The molecular formula is C13H24N4. The van der Waals surface area contributed by atoms with Gasteiger partial charge in [-0.1, -0.05) is 19.3 Å². The SMILES string of the molecule is CC(C)n1ncnc1CNCC1CCCCC1. The molecule has 0 radical (unpaired) electrons. The lowest BCUT2D eigenvalue weighted by molar-refractivity contribution is 0.338. The lowest BCUT2D eigenvalue weighted by atomic mass is 9.89. The van der Waals surface area contributed by atoms with E-state index >= 15 is 0 Å². The topological polar surface area (TPSA) is 42.7 Å². The fourth-order valence-corrected chi connectivity index (χ4v) is 2.61. The number of aromatic nitrogens is 3. The van der Waals surface area contributed by atoms with Gasteiger partial charge in [0.15, 0.2) is 0 Å².